The van der Waals surface area contributed by atoms with E-state index in [4.69, 9.17) is 28.4 Å². The average Bonchev–Trinajstić information content (AvgIpc) is 2.93. The van der Waals surface area contributed by atoms with Gasteiger partial charge >= 0.3 is 0 Å². The van der Waals surface area contributed by atoms with E-state index in [9.17, 15) is 50.8 Å². The van der Waals surface area contributed by atoms with Gasteiger partial charge in [-0.25, -0.2) is 0 Å². The smallest absolute Gasteiger partial charge is 0.217 e. The Bertz CT molecular complexity index is 820. The molecule has 3 aliphatic heterocycles. The number of nitrogens with one attached hydrogen (secondary N) is 1. The molecule has 0 unspecified atom stereocenters. The largest absolute Gasteiger partial charge is 0.394 e. The van der Waals surface area contributed by atoms with Gasteiger partial charge in [-0.05, 0) is 0 Å². The third kappa shape index (κ3) is 7.14. The highest BCUT2D eigenvalue weighted by atomic mass is 16.7. The van der Waals surface area contributed by atoms with Gasteiger partial charge in [0.1, 0.15) is 73.2 Å². The summed E-state index contributed by atoms with van der Waals surface area (Å²) in [5.41, 5.74) is 0. The lowest BCUT2D eigenvalue weighted by molar-refractivity contribution is -0.374. The summed E-state index contributed by atoms with van der Waals surface area (Å²) in [4.78, 5) is 11.9. The summed E-state index contributed by atoms with van der Waals surface area (Å²) in [6, 6.07) is -1.21. The van der Waals surface area contributed by atoms with Crippen molar-refractivity contribution in [3.05, 3.63) is 12.7 Å². The van der Waals surface area contributed by atoms with Crippen molar-refractivity contribution in [2.24, 2.45) is 0 Å². The van der Waals surface area contributed by atoms with E-state index in [-0.39, 0.29) is 6.61 Å². The molecule has 3 aliphatic rings. The second kappa shape index (κ2) is 14.7. The summed E-state index contributed by atoms with van der Waals surface area (Å²) in [6.45, 7) is 2.41. The lowest BCUT2D eigenvalue weighted by atomic mass is 9.95. The number of aliphatic hydroxyl groups excluding tert-OH is 9. The molecule has 0 aromatic carbocycles. The van der Waals surface area contributed by atoms with Crippen molar-refractivity contribution in [2.45, 2.75) is 99.0 Å². The molecule has 0 radical (unpaired) electrons. The van der Waals surface area contributed by atoms with Crippen LogP contribution >= 0.6 is 0 Å². The molecule has 0 spiro atoms. The molecule has 3 fully saturated rings. The highest BCUT2D eigenvalue weighted by Crippen LogP contribution is 2.32. The number of ether oxygens (including phenoxy) is 6. The molecule has 0 aliphatic carbocycles. The van der Waals surface area contributed by atoms with Crippen LogP contribution < -0.4 is 5.32 Å². The minimum absolute atomic E-state index is 0.0436. The molecule has 1 amide bonds. The molecular formula is C23H39NO16. The molecule has 232 valence electrons. The van der Waals surface area contributed by atoms with Crippen molar-refractivity contribution in [2.75, 3.05) is 26.4 Å². The number of amides is 1. The van der Waals surface area contributed by atoms with E-state index < -0.39 is 118 Å². The summed E-state index contributed by atoms with van der Waals surface area (Å²) < 4.78 is 33.3. The fraction of sp³-hybridized carbons (Fsp3) is 0.870. The van der Waals surface area contributed by atoms with Gasteiger partial charge in [-0.3, -0.25) is 4.79 Å². The molecule has 3 rings (SSSR count). The minimum Gasteiger partial charge on any atom is -0.394 e. The second-order valence-corrected chi connectivity index (χ2v) is 9.67. The molecule has 0 saturated carbocycles. The predicted molar refractivity (Wildman–Crippen MR) is 127 cm³/mol. The Kier molecular flexibility index (Phi) is 12.1. The van der Waals surface area contributed by atoms with Gasteiger partial charge in [0.15, 0.2) is 18.9 Å². The Balaban J connectivity index is 1.86. The molecule has 17 heteroatoms. The molecular weight excluding hydrogens is 546 g/mol. The van der Waals surface area contributed by atoms with Crippen molar-refractivity contribution in [1.82, 2.24) is 5.32 Å². The van der Waals surface area contributed by atoms with E-state index in [0.29, 0.717) is 0 Å². The van der Waals surface area contributed by atoms with E-state index in [0.717, 1.165) is 0 Å². The van der Waals surface area contributed by atoms with Crippen molar-refractivity contribution >= 4 is 5.91 Å². The molecule has 3 heterocycles. The summed E-state index contributed by atoms with van der Waals surface area (Å²) in [5, 5.41) is 94.5. The summed E-state index contributed by atoms with van der Waals surface area (Å²) in [6.07, 6.45) is -21.2. The molecule has 0 aromatic rings. The van der Waals surface area contributed by atoms with E-state index in [1.807, 2.05) is 0 Å². The van der Waals surface area contributed by atoms with Gasteiger partial charge in [-0.15, -0.1) is 6.58 Å². The van der Waals surface area contributed by atoms with Crippen LogP contribution in [0.1, 0.15) is 6.92 Å². The minimum atomic E-state index is -1.90. The first kappa shape index (κ1) is 33.1. The number of hydrogen-bond acceptors (Lipinski definition) is 16. The number of rotatable bonds is 11. The number of carbonyl (C=O) groups excluding carboxylic acids is 1. The van der Waals surface area contributed by atoms with Gasteiger partial charge in [0.05, 0.1) is 26.4 Å². The molecule has 10 N–H and O–H groups in total. The quantitative estimate of drug-likeness (QED) is 0.101. The number of hydrogen-bond donors (Lipinski definition) is 10. The highest BCUT2D eigenvalue weighted by molar-refractivity contribution is 5.73. The molecule has 3 saturated heterocycles. The lowest BCUT2D eigenvalue weighted by Gasteiger charge is -2.49. The summed E-state index contributed by atoms with van der Waals surface area (Å²) >= 11 is 0. The van der Waals surface area contributed by atoms with E-state index >= 15 is 0 Å². The molecule has 15 atom stereocenters. The topological polar surface area (TPSA) is 267 Å². The Morgan fingerprint density at radius 3 is 1.73 bits per heavy atom. The van der Waals surface area contributed by atoms with Gasteiger partial charge in [-0.1, -0.05) is 6.08 Å². The molecule has 0 aromatic heterocycles. The van der Waals surface area contributed by atoms with Crippen LogP contribution in [0.2, 0.25) is 0 Å². The van der Waals surface area contributed by atoms with Gasteiger partial charge in [0.25, 0.3) is 0 Å². The highest BCUT2D eigenvalue weighted by Gasteiger charge is 2.54. The van der Waals surface area contributed by atoms with Gasteiger partial charge in [0, 0.05) is 6.92 Å². The zero-order chi connectivity index (χ0) is 29.7. The van der Waals surface area contributed by atoms with E-state index in [1.165, 1.54) is 13.0 Å². The van der Waals surface area contributed by atoms with Crippen molar-refractivity contribution in [3.63, 3.8) is 0 Å². The normalized spacial score (nSPS) is 46.1. The third-order valence-corrected chi connectivity index (χ3v) is 6.85. The lowest BCUT2D eigenvalue weighted by Crippen LogP contribution is -2.69. The third-order valence-electron chi connectivity index (χ3n) is 6.85. The zero-order valence-electron chi connectivity index (χ0n) is 21.7. The predicted octanol–water partition coefficient (Wildman–Crippen LogP) is -6.22. The van der Waals surface area contributed by atoms with Crippen LogP contribution in [0.15, 0.2) is 12.7 Å². The van der Waals surface area contributed by atoms with Crippen molar-refractivity contribution in [3.8, 4) is 0 Å². The van der Waals surface area contributed by atoms with Gasteiger partial charge in [-0.2, -0.15) is 0 Å². The Labute approximate surface area is 229 Å². The fourth-order valence-electron chi connectivity index (χ4n) is 4.74. The maximum Gasteiger partial charge on any atom is 0.217 e. The van der Waals surface area contributed by atoms with Crippen LogP contribution in [0.3, 0.4) is 0 Å². The summed E-state index contributed by atoms with van der Waals surface area (Å²) in [7, 11) is 0. The van der Waals surface area contributed by atoms with Crippen LogP contribution in [0, 0.1) is 0 Å². The molecule has 17 nitrogen and oxygen atoms in total. The van der Waals surface area contributed by atoms with Gasteiger partial charge < -0.3 is 79.7 Å². The van der Waals surface area contributed by atoms with Crippen LogP contribution in [-0.2, 0) is 33.2 Å². The van der Waals surface area contributed by atoms with Crippen molar-refractivity contribution < 1.29 is 79.2 Å². The maximum atomic E-state index is 11.9. The SMILES string of the molecule is C=CCO[C@@H]1O[C@H](CO)[C@@H](O)[C@H](O[C@@H]2O[C@H](CO)[C@H](O)[C@H](O[C@H]3O[C@H](CO)[C@H](O)[C@H](O)[C@H]3O)[C@H]2O)[C@H]1NC(C)=O. The van der Waals surface area contributed by atoms with Crippen LogP contribution in [-0.4, -0.2) is 170 Å². The number of aliphatic hydroxyl groups is 9. The zero-order valence-corrected chi connectivity index (χ0v) is 21.7. The molecule has 0 bridgehead atoms. The van der Waals surface area contributed by atoms with E-state index in [2.05, 4.69) is 11.9 Å². The fourth-order valence-corrected chi connectivity index (χ4v) is 4.74. The summed E-state index contributed by atoms with van der Waals surface area (Å²) in [5.74, 6) is -0.568. The Morgan fingerprint density at radius 1 is 0.725 bits per heavy atom. The standard InChI is InChI=1S/C23H39NO16/c1-3-4-35-21-12(24-8(2)28)19(14(30)10(6-26)36-21)39-23-18(34)20(15(31)11(7-27)38-23)40-22-17(33)16(32)13(29)9(5-25)37-22/h3,9-23,25-27,29-34H,1,4-7H2,2H3,(H,24,28)/t9-,10-,11-,12-,13+,14-,15+,16+,17-,18-,19-,20+,21-,22-,23+/m1/s1. The Hall–Kier alpha value is -1.39. The van der Waals surface area contributed by atoms with Crippen LogP contribution in [0.5, 0.6) is 0 Å². The van der Waals surface area contributed by atoms with Crippen LogP contribution in [0.4, 0.5) is 0 Å². The molecule has 40 heavy (non-hydrogen) atoms. The first-order chi connectivity index (χ1) is 19.0. The maximum absolute atomic E-state index is 11.9. The first-order valence-electron chi connectivity index (χ1n) is 12.7. The second-order valence-electron chi connectivity index (χ2n) is 9.67. The Morgan fingerprint density at radius 2 is 1.20 bits per heavy atom. The monoisotopic (exact) mass is 585 g/mol. The van der Waals surface area contributed by atoms with E-state index in [1.54, 1.807) is 0 Å². The average molecular weight is 586 g/mol. The van der Waals surface area contributed by atoms with Crippen LogP contribution in [0.25, 0.3) is 0 Å². The number of carbonyl (C=O) groups is 1. The first-order valence-corrected chi connectivity index (χ1v) is 12.7. The van der Waals surface area contributed by atoms with Crippen molar-refractivity contribution in [1.29, 1.82) is 0 Å². The van der Waals surface area contributed by atoms with Gasteiger partial charge in [0.2, 0.25) is 5.91 Å².